The van der Waals surface area contributed by atoms with E-state index in [9.17, 15) is 10.0 Å². The molecular weight excluding hydrogens is 470 g/mol. The highest BCUT2D eigenvalue weighted by Crippen LogP contribution is 2.42. The van der Waals surface area contributed by atoms with Crippen molar-refractivity contribution in [3.8, 4) is 0 Å². The lowest BCUT2D eigenvalue weighted by atomic mass is 9.79. The quantitative estimate of drug-likeness (QED) is 0.307. The van der Waals surface area contributed by atoms with Gasteiger partial charge in [-0.3, -0.25) is 4.79 Å². The molecule has 0 aromatic carbocycles. The highest BCUT2D eigenvalue weighted by atomic mass is 16.5. The van der Waals surface area contributed by atoms with E-state index >= 15 is 0 Å². The first kappa shape index (κ1) is 23.4. The Morgan fingerprint density at radius 3 is 2.49 bits per heavy atom. The summed E-state index contributed by atoms with van der Waals surface area (Å²) in [5.41, 5.74) is 2.30. The highest BCUT2D eigenvalue weighted by molar-refractivity contribution is 6.00. The second kappa shape index (κ2) is 9.47. The van der Waals surface area contributed by atoms with Crippen LogP contribution in [-0.4, -0.2) is 47.0 Å². The van der Waals surface area contributed by atoms with Gasteiger partial charge in [-0.1, -0.05) is 19.3 Å². The standard InChI is InChI=1S/C26H31N9O2/c1-17-13-22(35(37)24-23(17)25(36)33-26(24)7-3-2-4-8-26)32-21-14-20(29-16-30-21)31-19-6-5-18(15-28-19)34-11-9-27-10-12-34/h5-6,13-16,27H,2-4,7-12H2,1H3,(H,33,36)(H2,28,29,30,31,32). The van der Waals surface area contributed by atoms with Gasteiger partial charge in [0.2, 0.25) is 5.82 Å². The van der Waals surface area contributed by atoms with E-state index in [0.717, 1.165) is 74.3 Å². The molecule has 192 valence electrons. The SMILES string of the molecule is Cc1cc(Nc2cc(Nc3ccc(N4CCNCC4)cn3)ncn2)[n+]([O-])c2c1C(=O)NC21CCCCC1. The molecule has 37 heavy (non-hydrogen) atoms. The number of aromatic nitrogens is 4. The van der Waals surface area contributed by atoms with Gasteiger partial charge >= 0.3 is 0 Å². The minimum atomic E-state index is -0.588. The number of rotatable bonds is 5. The number of pyridine rings is 2. The number of hydrogen-bond acceptors (Lipinski definition) is 9. The zero-order valence-electron chi connectivity index (χ0n) is 20.9. The summed E-state index contributed by atoms with van der Waals surface area (Å²) >= 11 is 0. The summed E-state index contributed by atoms with van der Waals surface area (Å²) in [6.45, 7) is 5.73. The third kappa shape index (κ3) is 4.39. The topological polar surface area (TPSA) is 134 Å². The number of piperazine rings is 1. The average Bonchev–Trinajstić information content (AvgIpc) is 3.20. The Labute approximate surface area is 215 Å². The lowest BCUT2D eigenvalue weighted by molar-refractivity contribution is -0.603. The third-order valence-electron chi connectivity index (χ3n) is 7.56. The molecule has 6 rings (SSSR count). The molecule has 1 aliphatic carbocycles. The Balaban J connectivity index is 1.22. The van der Waals surface area contributed by atoms with E-state index in [-0.39, 0.29) is 5.91 Å². The maximum absolute atomic E-state index is 13.6. The van der Waals surface area contributed by atoms with Crippen molar-refractivity contribution in [3.05, 3.63) is 58.8 Å². The molecule has 3 aromatic heterocycles. The van der Waals surface area contributed by atoms with Crippen molar-refractivity contribution in [2.24, 2.45) is 0 Å². The maximum atomic E-state index is 13.6. The van der Waals surface area contributed by atoms with Gasteiger partial charge in [-0.05, 0) is 37.5 Å². The number of nitrogens with zero attached hydrogens (tertiary/aromatic N) is 5. The molecule has 5 heterocycles. The van der Waals surface area contributed by atoms with Gasteiger partial charge in [0, 0.05) is 38.3 Å². The number of fused-ring (bicyclic) bond motifs is 2. The second-order valence-electron chi connectivity index (χ2n) is 10.0. The van der Waals surface area contributed by atoms with Crippen LogP contribution in [0.25, 0.3) is 0 Å². The first-order valence-corrected chi connectivity index (χ1v) is 12.9. The fourth-order valence-corrected chi connectivity index (χ4v) is 5.73. The molecule has 11 nitrogen and oxygen atoms in total. The summed E-state index contributed by atoms with van der Waals surface area (Å²) in [5.74, 6) is 1.86. The van der Waals surface area contributed by atoms with Crippen molar-refractivity contribution >= 4 is 34.9 Å². The van der Waals surface area contributed by atoms with Crippen LogP contribution in [0, 0.1) is 12.1 Å². The maximum Gasteiger partial charge on any atom is 0.284 e. The van der Waals surface area contributed by atoms with Crippen LogP contribution in [0.3, 0.4) is 0 Å². The molecule has 0 bridgehead atoms. The predicted molar refractivity (Wildman–Crippen MR) is 140 cm³/mol. The summed E-state index contributed by atoms with van der Waals surface area (Å²) in [6.07, 6.45) is 7.94. The predicted octanol–water partition coefficient (Wildman–Crippen LogP) is 2.61. The van der Waals surface area contributed by atoms with Crippen molar-refractivity contribution < 1.29 is 9.52 Å². The number of aryl methyl sites for hydroxylation is 1. The molecule has 0 radical (unpaired) electrons. The molecule has 0 atom stereocenters. The summed E-state index contributed by atoms with van der Waals surface area (Å²) < 4.78 is 0.872. The van der Waals surface area contributed by atoms with Crippen molar-refractivity contribution in [1.29, 1.82) is 0 Å². The van der Waals surface area contributed by atoms with Crippen LogP contribution in [0.2, 0.25) is 0 Å². The zero-order chi connectivity index (χ0) is 25.4. The largest absolute Gasteiger partial charge is 0.710 e. The third-order valence-corrected chi connectivity index (χ3v) is 7.56. The van der Waals surface area contributed by atoms with Crippen LogP contribution in [0.1, 0.15) is 53.7 Å². The summed E-state index contributed by atoms with van der Waals surface area (Å²) in [7, 11) is 0. The number of anilines is 5. The van der Waals surface area contributed by atoms with Crippen LogP contribution >= 0.6 is 0 Å². The molecular formula is C26H31N9O2. The van der Waals surface area contributed by atoms with Gasteiger partial charge in [-0.15, -0.1) is 0 Å². The summed E-state index contributed by atoms with van der Waals surface area (Å²) in [6, 6.07) is 7.41. The molecule has 4 N–H and O–H groups in total. The first-order chi connectivity index (χ1) is 18.0. The Kier molecular flexibility index (Phi) is 5.99. The molecule has 2 fully saturated rings. The Morgan fingerprint density at radius 2 is 1.76 bits per heavy atom. The van der Waals surface area contributed by atoms with E-state index in [2.05, 4.69) is 41.1 Å². The second-order valence-corrected chi connectivity index (χ2v) is 10.0. The van der Waals surface area contributed by atoms with Crippen LogP contribution in [0.15, 0.2) is 36.8 Å². The smallest absolute Gasteiger partial charge is 0.284 e. The van der Waals surface area contributed by atoms with E-state index in [4.69, 9.17) is 0 Å². The number of amides is 1. The van der Waals surface area contributed by atoms with Crippen LogP contribution in [-0.2, 0) is 5.54 Å². The summed E-state index contributed by atoms with van der Waals surface area (Å²) in [4.78, 5) is 28.2. The minimum Gasteiger partial charge on any atom is -0.710 e. The van der Waals surface area contributed by atoms with Gasteiger partial charge in [-0.2, -0.15) is 4.98 Å². The number of hydrogen-bond donors (Lipinski definition) is 4. The molecule has 3 aliphatic rings. The minimum absolute atomic E-state index is 0.158. The number of carbonyl (C=O) groups is 1. The van der Waals surface area contributed by atoms with E-state index < -0.39 is 5.54 Å². The van der Waals surface area contributed by atoms with Crippen LogP contribution in [0.5, 0.6) is 0 Å². The van der Waals surface area contributed by atoms with E-state index in [1.165, 1.54) is 6.33 Å². The van der Waals surface area contributed by atoms with Gasteiger partial charge < -0.3 is 26.1 Å². The molecule has 1 spiro atoms. The molecule has 1 saturated carbocycles. The van der Waals surface area contributed by atoms with Crippen molar-refractivity contribution in [3.63, 3.8) is 0 Å². The first-order valence-electron chi connectivity index (χ1n) is 12.9. The number of nitrogens with one attached hydrogen (secondary N) is 4. The lowest BCUT2D eigenvalue weighted by Crippen LogP contribution is -2.49. The Bertz CT molecular complexity index is 1320. The van der Waals surface area contributed by atoms with E-state index in [1.54, 1.807) is 12.1 Å². The normalized spacial score (nSPS) is 18.4. The van der Waals surface area contributed by atoms with E-state index in [1.807, 2.05) is 25.3 Å². The van der Waals surface area contributed by atoms with E-state index in [0.29, 0.717) is 34.5 Å². The Morgan fingerprint density at radius 1 is 1.00 bits per heavy atom. The number of carbonyl (C=O) groups excluding carboxylic acids is 1. The van der Waals surface area contributed by atoms with Gasteiger partial charge in [0.05, 0.1) is 17.4 Å². The van der Waals surface area contributed by atoms with Crippen LogP contribution in [0.4, 0.5) is 29.0 Å². The van der Waals surface area contributed by atoms with Gasteiger partial charge in [0.1, 0.15) is 29.2 Å². The molecule has 1 amide bonds. The molecule has 0 unspecified atom stereocenters. The van der Waals surface area contributed by atoms with Crippen LogP contribution < -0.4 is 30.9 Å². The lowest BCUT2D eigenvalue weighted by Gasteiger charge is -2.34. The zero-order valence-corrected chi connectivity index (χ0v) is 20.9. The molecule has 3 aromatic rings. The Hall–Kier alpha value is -3.99. The molecule has 2 aliphatic heterocycles. The van der Waals surface area contributed by atoms with Gasteiger partial charge in [-0.25, -0.2) is 20.0 Å². The molecule has 1 saturated heterocycles. The van der Waals surface area contributed by atoms with Gasteiger partial charge in [0.25, 0.3) is 11.7 Å². The fourth-order valence-electron chi connectivity index (χ4n) is 5.73. The highest BCUT2D eigenvalue weighted by Gasteiger charge is 2.48. The average molecular weight is 502 g/mol. The van der Waals surface area contributed by atoms with Crippen molar-refractivity contribution in [2.45, 2.75) is 44.6 Å². The monoisotopic (exact) mass is 501 g/mol. The van der Waals surface area contributed by atoms with Crippen molar-refractivity contribution in [2.75, 3.05) is 41.7 Å². The van der Waals surface area contributed by atoms with Gasteiger partial charge in [0.15, 0.2) is 0 Å². The fraction of sp³-hybridized carbons (Fsp3) is 0.423. The van der Waals surface area contributed by atoms with Crippen molar-refractivity contribution in [1.82, 2.24) is 25.6 Å². The summed E-state index contributed by atoms with van der Waals surface area (Å²) in [5, 5.41) is 26.4. The molecule has 11 heteroatoms.